The van der Waals surface area contributed by atoms with Gasteiger partial charge >= 0.3 is 0 Å². The normalized spacial score (nSPS) is 11.9. The van der Waals surface area contributed by atoms with Crippen LogP contribution in [0.25, 0.3) is 11.1 Å². The number of carbonyl (C=O) groups excluding carboxylic acids is 1. The second-order valence-corrected chi connectivity index (χ2v) is 6.52. The Morgan fingerprint density at radius 2 is 1.65 bits per heavy atom. The van der Waals surface area contributed by atoms with Gasteiger partial charge in [0, 0.05) is 4.88 Å². The standard InChI is InChI=1S/C20H19NOS/c1-15(19-8-5-13-23-19)21-20(22)14-16-9-11-18(12-10-16)17-6-3-2-4-7-17/h2-13,15H,14H2,1H3,(H,21,22)/t15-/m1/s1. The van der Waals surface area contributed by atoms with Crippen molar-refractivity contribution < 1.29 is 4.79 Å². The molecule has 0 aliphatic rings. The molecule has 0 saturated heterocycles. The van der Waals surface area contributed by atoms with Crippen LogP contribution in [0, 0.1) is 0 Å². The number of nitrogens with one attached hydrogen (secondary N) is 1. The Bertz CT molecular complexity index is 748. The lowest BCUT2D eigenvalue weighted by Crippen LogP contribution is -2.27. The summed E-state index contributed by atoms with van der Waals surface area (Å²) in [4.78, 5) is 13.3. The van der Waals surface area contributed by atoms with Gasteiger partial charge in [-0.05, 0) is 35.1 Å². The topological polar surface area (TPSA) is 29.1 Å². The number of benzene rings is 2. The summed E-state index contributed by atoms with van der Waals surface area (Å²) in [5.41, 5.74) is 3.39. The van der Waals surface area contributed by atoms with Crippen LogP contribution in [-0.4, -0.2) is 5.91 Å². The molecule has 3 aromatic rings. The summed E-state index contributed by atoms with van der Waals surface area (Å²) in [6.45, 7) is 2.02. The fourth-order valence-corrected chi connectivity index (χ4v) is 3.27. The Kier molecular flexibility index (Phi) is 4.89. The molecular formula is C20H19NOS. The van der Waals surface area contributed by atoms with Crippen molar-refractivity contribution in [1.82, 2.24) is 5.32 Å². The molecule has 0 radical (unpaired) electrons. The average molecular weight is 321 g/mol. The maximum atomic E-state index is 12.2. The van der Waals surface area contributed by atoms with Gasteiger partial charge in [-0.1, -0.05) is 60.7 Å². The minimum atomic E-state index is 0.0540. The molecule has 2 nitrogen and oxygen atoms in total. The minimum absolute atomic E-state index is 0.0540. The number of rotatable bonds is 5. The van der Waals surface area contributed by atoms with Crippen molar-refractivity contribution in [2.45, 2.75) is 19.4 Å². The van der Waals surface area contributed by atoms with Crippen LogP contribution in [0.3, 0.4) is 0 Å². The Labute approximate surface area is 140 Å². The second kappa shape index (κ2) is 7.25. The van der Waals surface area contributed by atoms with Gasteiger partial charge in [0.1, 0.15) is 0 Å². The van der Waals surface area contributed by atoms with Gasteiger partial charge < -0.3 is 5.32 Å². The van der Waals surface area contributed by atoms with Gasteiger partial charge in [-0.2, -0.15) is 0 Å². The number of hydrogen-bond donors (Lipinski definition) is 1. The number of amides is 1. The zero-order valence-corrected chi connectivity index (χ0v) is 13.8. The highest BCUT2D eigenvalue weighted by molar-refractivity contribution is 7.10. The molecular weight excluding hydrogens is 302 g/mol. The van der Waals surface area contributed by atoms with E-state index >= 15 is 0 Å². The summed E-state index contributed by atoms with van der Waals surface area (Å²) in [6.07, 6.45) is 0.408. The Morgan fingerprint density at radius 1 is 0.957 bits per heavy atom. The van der Waals surface area contributed by atoms with E-state index < -0.39 is 0 Å². The molecule has 1 atom stereocenters. The van der Waals surface area contributed by atoms with E-state index in [4.69, 9.17) is 0 Å². The third kappa shape index (κ3) is 4.08. The third-order valence-corrected chi connectivity index (χ3v) is 4.83. The SMILES string of the molecule is C[C@@H](NC(=O)Cc1ccc(-c2ccccc2)cc1)c1cccs1. The van der Waals surface area contributed by atoms with Crippen LogP contribution in [0.1, 0.15) is 23.4 Å². The van der Waals surface area contributed by atoms with Crippen LogP contribution in [-0.2, 0) is 11.2 Å². The monoisotopic (exact) mass is 321 g/mol. The molecule has 0 fully saturated rings. The van der Waals surface area contributed by atoms with E-state index in [0.717, 1.165) is 5.56 Å². The summed E-state index contributed by atoms with van der Waals surface area (Å²) in [5, 5.41) is 5.08. The maximum absolute atomic E-state index is 12.2. The van der Waals surface area contributed by atoms with E-state index in [1.165, 1.54) is 16.0 Å². The second-order valence-electron chi connectivity index (χ2n) is 5.54. The molecule has 0 spiro atoms. The molecule has 0 bridgehead atoms. The average Bonchev–Trinajstić information content (AvgIpc) is 3.11. The molecule has 3 heteroatoms. The Balaban J connectivity index is 1.61. The van der Waals surface area contributed by atoms with Crippen molar-refractivity contribution in [3.8, 4) is 11.1 Å². The van der Waals surface area contributed by atoms with Crippen LogP contribution in [0.5, 0.6) is 0 Å². The quantitative estimate of drug-likeness (QED) is 0.716. The van der Waals surface area contributed by atoms with E-state index in [1.807, 2.05) is 54.8 Å². The summed E-state index contributed by atoms with van der Waals surface area (Å²) in [6, 6.07) is 22.6. The van der Waals surface area contributed by atoms with Gasteiger partial charge in [0.15, 0.2) is 0 Å². The maximum Gasteiger partial charge on any atom is 0.224 e. The van der Waals surface area contributed by atoms with Crippen molar-refractivity contribution >= 4 is 17.2 Å². The summed E-state index contributed by atoms with van der Waals surface area (Å²) in [7, 11) is 0. The summed E-state index contributed by atoms with van der Waals surface area (Å²) in [5.74, 6) is 0.0540. The van der Waals surface area contributed by atoms with Gasteiger partial charge in [-0.15, -0.1) is 11.3 Å². The van der Waals surface area contributed by atoms with Crippen molar-refractivity contribution in [2.24, 2.45) is 0 Å². The number of hydrogen-bond acceptors (Lipinski definition) is 2. The fraction of sp³-hybridized carbons (Fsp3) is 0.150. The lowest BCUT2D eigenvalue weighted by molar-refractivity contribution is -0.121. The van der Waals surface area contributed by atoms with Gasteiger partial charge in [-0.25, -0.2) is 0 Å². The Hall–Kier alpha value is -2.39. The van der Waals surface area contributed by atoms with Crippen molar-refractivity contribution in [2.75, 3.05) is 0 Å². The summed E-state index contributed by atoms with van der Waals surface area (Å²) < 4.78 is 0. The molecule has 0 unspecified atom stereocenters. The zero-order valence-electron chi connectivity index (χ0n) is 13.0. The van der Waals surface area contributed by atoms with E-state index in [2.05, 4.69) is 29.6 Å². The largest absolute Gasteiger partial charge is 0.348 e. The molecule has 3 rings (SSSR count). The van der Waals surface area contributed by atoms with Crippen LogP contribution < -0.4 is 5.32 Å². The van der Waals surface area contributed by atoms with Crippen molar-refractivity contribution in [3.63, 3.8) is 0 Å². The number of thiophene rings is 1. The lowest BCUT2D eigenvalue weighted by atomic mass is 10.0. The molecule has 2 aromatic carbocycles. The zero-order chi connectivity index (χ0) is 16.1. The molecule has 23 heavy (non-hydrogen) atoms. The highest BCUT2D eigenvalue weighted by Crippen LogP contribution is 2.20. The molecule has 0 aliphatic carbocycles. The fourth-order valence-electron chi connectivity index (χ4n) is 2.53. The highest BCUT2D eigenvalue weighted by atomic mass is 32.1. The van der Waals surface area contributed by atoms with Gasteiger partial charge in [0.2, 0.25) is 5.91 Å². The first-order chi connectivity index (χ1) is 11.2. The van der Waals surface area contributed by atoms with E-state index in [-0.39, 0.29) is 11.9 Å². The molecule has 1 aromatic heterocycles. The first-order valence-electron chi connectivity index (χ1n) is 7.69. The molecule has 1 amide bonds. The van der Waals surface area contributed by atoms with Crippen LogP contribution in [0.2, 0.25) is 0 Å². The highest BCUT2D eigenvalue weighted by Gasteiger charge is 2.10. The van der Waals surface area contributed by atoms with E-state index in [1.54, 1.807) is 11.3 Å². The van der Waals surface area contributed by atoms with E-state index in [9.17, 15) is 4.79 Å². The molecule has 1 N–H and O–H groups in total. The molecule has 0 saturated carbocycles. The Morgan fingerprint density at radius 3 is 2.30 bits per heavy atom. The first kappa shape index (κ1) is 15.5. The minimum Gasteiger partial charge on any atom is -0.348 e. The lowest BCUT2D eigenvalue weighted by Gasteiger charge is -2.12. The van der Waals surface area contributed by atoms with Gasteiger partial charge in [0.25, 0.3) is 0 Å². The first-order valence-corrected chi connectivity index (χ1v) is 8.57. The predicted molar refractivity (Wildman–Crippen MR) is 96.5 cm³/mol. The molecule has 116 valence electrons. The smallest absolute Gasteiger partial charge is 0.224 e. The third-order valence-electron chi connectivity index (χ3n) is 3.77. The van der Waals surface area contributed by atoms with E-state index in [0.29, 0.717) is 6.42 Å². The van der Waals surface area contributed by atoms with Crippen molar-refractivity contribution in [3.05, 3.63) is 82.6 Å². The van der Waals surface area contributed by atoms with Crippen molar-refractivity contribution in [1.29, 1.82) is 0 Å². The molecule has 1 heterocycles. The molecule has 0 aliphatic heterocycles. The van der Waals surface area contributed by atoms with Gasteiger partial charge in [0.05, 0.1) is 12.5 Å². The summed E-state index contributed by atoms with van der Waals surface area (Å²) >= 11 is 1.66. The predicted octanol–water partition coefficient (Wildman–Crippen LogP) is 4.84. The van der Waals surface area contributed by atoms with Crippen LogP contribution >= 0.6 is 11.3 Å². The number of carbonyl (C=O) groups is 1. The van der Waals surface area contributed by atoms with Crippen LogP contribution in [0.15, 0.2) is 72.1 Å². The van der Waals surface area contributed by atoms with Crippen LogP contribution in [0.4, 0.5) is 0 Å². The van der Waals surface area contributed by atoms with Gasteiger partial charge in [-0.3, -0.25) is 4.79 Å².